The van der Waals surface area contributed by atoms with Crippen molar-refractivity contribution in [2.75, 3.05) is 17.5 Å². The van der Waals surface area contributed by atoms with E-state index >= 15 is 0 Å². The number of rotatable bonds is 4. The van der Waals surface area contributed by atoms with Gasteiger partial charge in [0.25, 0.3) is 0 Å². The molecule has 2 rings (SSSR count). The van der Waals surface area contributed by atoms with Crippen molar-refractivity contribution in [2.24, 2.45) is 5.92 Å². The van der Waals surface area contributed by atoms with Crippen molar-refractivity contribution in [1.29, 1.82) is 0 Å². The van der Waals surface area contributed by atoms with Gasteiger partial charge in [0.1, 0.15) is 12.1 Å². The normalized spacial score (nSPS) is 20.0. The van der Waals surface area contributed by atoms with Crippen LogP contribution < -0.4 is 4.72 Å². The van der Waals surface area contributed by atoms with Gasteiger partial charge >= 0.3 is 0 Å². The van der Waals surface area contributed by atoms with Crippen molar-refractivity contribution in [2.45, 2.75) is 26.3 Å². The largest absolute Gasteiger partial charge is 0.338 e. The van der Waals surface area contributed by atoms with Crippen LogP contribution in [0.25, 0.3) is 0 Å². The highest BCUT2D eigenvalue weighted by atomic mass is 32.2. The number of amides is 1. The molecule has 0 aliphatic carbocycles. The van der Waals surface area contributed by atoms with Crippen molar-refractivity contribution in [3.05, 3.63) is 18.1 Å². The second-order valence-corrected chi connectivity index (χ2v) is 6.93. The SMILES string of the molecule is CC1CCN(Cc2cncnc2NS(C)(=O)=O)C(=O)C1. The van der Waals surface area contributed by atoms with E-state index in [9.17, 15) is 13.2 Å². The predicted octanol–water partition coefficient (Wildman–Crippen LogP) is 0.607. The Hall–Kier alpha value is -1.70. The zero-order valence-corrected chi connectivity index (χ0v) is 12.4. The molecule has 1 fully saturated rings. The Kier molecular flexibility index (Phi) is 4.22. The lowest BCUT2D eigenvalue weighted by atomic mass is 9.98. The van der Waals surface area contributed by atoms with Gasteiger partial charge < -0.3 is 4.90 Å². The van der Waals surface area contributed by atoms with E-state index in [4.69, 9.17) is 0 Å². The Morgan fingerprint density at radius 3 is 2.90 bits per heavy atom. The molecule has 110 valence electrons. The summed E-state index contributed by atoms with van der Waals surface area (Å²) in [7, 11) is -3.41. The zero-order chi connectivity index (χ0) is 14.8. The first-order chi connectivity index (χ1) is 9.35. The molecule has 20 heavy (non-hydrogen) atoms. The number of carbonyl (C=O) groups is 1. The van der Waals surface area contributed by atoms with E-state index in [1.54, 1.807) is 4.90 Å². The molecule has 0 radical (unpaired) electrons. The fourth-order valence-corrected chi connectivity index (χ4v) is 2.68. The van der Waals surface area contributed by atoms with Crippen molar-refractivity contribution < 1.29 is 13.2 Å². The number of nitrogens with one attached hydrogen (secondary N) is 1. The summed E-state index contributed by atoms with van der Waals surface area (Å²) in [5.41, 5.74) is 0.598. The molecular formula is C12H18N4O3S. The van der Waals surface area contributed by atoms with E-state index in [0.717, 1.165) is 12.7 Å². The third kappa shape index (κ3) is 3.89. The minimum Gasteiger partial charge on any atom is -0.338 e. The number of anilines is 1. The maximum absolute atomic E-state index is 12.0. The number of hydrogen-bond donors (Lipinski definition) is 1. The van der Waals surface area contributed by atoms with Gasteiger partial charge in [-0.25, -0.2) is 18.4 Å². The van der Waals surface area contributed by atoms with Crippen molar-refractivity contribution in [3.63, 3.8) is 0 Å². The lowest BCUT2D eigenvalue weighted by Crippen LogP contribution is -2.37. The number of piperidine rings is 1. The van der Waals surface area contributed by atoms with Crippen LogP contribution in [0.3, 0.4) is 0 Å². The van der Waals surface area contributed by atoms with Crippen LogP contribution in [-0.4, -0.2) is 42.0 Å². The maximum atomic E-state index is 12.0. The summed E-state index contributed by atoms with van der Waals surface area (Å²) >= 11 is 0. The lowest BCUT2D eigenvalue weighted by Gasteiger charge is -2.30. The Bertz CT molecular complexity index is 602. The summed E-state index contributed by atoms with van der Waals surface area (Å²) in [4.78, 5) is 21.5. The first-order valence-electron chi connectivity index (χ1n) is 6.39. The Morgan fingerprint density at radius 1 is 1.50 bits per heavy atom. The molecule has 0 spiro atoms. The van der Waals surface area contributed by atoms with E-state index in [0.29, 0.717) is 31.0 Å². The van der Waals surface area contributed by atoms with Crippen LogP contribution in [0.15, 0.2) is 12.5 Å². The van der Waals surface area contributed by atoms with Crippen LogP contribution in [-0.2, 0) is 21.4 Å². The van der Waals surface area contributed by atoms with Gasteiger partial charge in [0, 0.05) is 24.7 Å². The van der Waals surface area contributed by atoms with Crippen molar-refractivity contribution in [1.82, 2.24) is 14.9 Å². The van der Waals surface area contributed by atoms with Crippen molar-refractivity contribution in [3.8, 4) is 0 Å². The maximum Gasteiger partial charge on any atom is 0.230 e. The van der Waals surface area contributed by atoms with Crippen LogP contribution in [0, 0.1) is 5.92 Å². The van der Waals surface area contributed by atoms with Crippen LogP contribution >= 0.6 is 0 Å². The highest BCUT2D eigenvalue weighted by Gasteiger charge is 2.24. The van der Waals surface area contributed by atoms with Gasteiger partial charge in [0.15, 0.2) is 0 Å². The predicted molar refractivity (Wildman–Crippen MR) is 74.3 cm³/mol. The van der Waals surface area contributed by atoms with Gasteiger partial charge in [-0.2, -0.15) is 0 Å². The molecule has 1 N–H and O–H groups in total. The van der Waals surface area contributed by atoms with Crippen molar-refractivity contribution >= 4 is 21.7 Å². The summed E-state index contributed by atoms with van der Waals surface area (Å²) in [6.45, 7) is 3.05. The van der Waals surface area contributed by atoms with Gasteiger partial charge in [-0.15, -0.1) is 0 Å². The third-order valence-electron chi connectivity index (χ3n) is 3.20. The van der Waals surface area contributed by atoms with E-state index in [-0.39, 0.29) is 11.7 Å². The summed E-state index contributed by atoms with van der Waals surface area (Å²) < 4.78 is 24.9. The first-order valence-corrected chi connectivity index (χ1v) is 8.29. The minimum absolute atomic E-state index is 0.0814. The number of aromatic nitrogens is 2. The standard InChI is InChI=1S/C12H18N4O3S/c1-9-3-4-16(11(17)5-9)7-10-6-13-8-14-12(10)15-20(2,18)19/h6,8-9H,3-5,7H2,1-2H3,(H,13,14,15). The fraction of sp³-hybridized carbons (Fsp3) is 0.583. The van der Waals surface area contributed by atoms with Crippen LogP contribution in [0.5, 0.6) is 0 Å². The smallest absolute Gasteiger partial charge is 0.230 e. The molecule has 1 atom stereocenters. The molecule has 1 saturated heterocycles. The van der Waals surface area contributed by atoms with E-state index in [1.165, 1.54) is 12.5 Å². The molecule has 0 aromatic carbocycles. The monoisotopic (exact) mass is 298 g/mol. The van der Waals surface area contributed by atoms with Crippen LogP contribution in [0.1, 0.15) is 25.3 Å². The second kappa shape index (κ2) is 5.74. The average Bonchev–Trinajstić information content (AvgIpc) is 2.33. The van der Waals surface area contributed by atoms with E-state index in [2.05, 4.69) is 21.6 Å². The second-order valence-electron chi connectivity index (χ2n) is 5.18. The molecule has 1 aliphatic heterocycles. The summed E-state index contributed by atoms with van der Waals surface area (Å²) in [5, 5.41) is 0. The van der Waals surface area contributed by atoms with Crippen LogP contribution in [0.4, 0.5) is 5.82 Å². The van der Waals surface area contributed by atoms with Gasteiger partial charge in [-0.3, -0.25) is 9.52 Å². The molecular weight excluding hydrogens is 280 g/mol. The number of carbonyl (C=O) groups excluding carboxylic acids is 1. The summed E-state index contributed by atoms with van der Waals surface area (Å²) in [6, 6.07) is 0. The number of sulfonamides is 1. The number of nitrogens with zero attached hydrogens (tertiary/aromatic N) is 3. The summed E-state index contributed by atoms with van der Waals surface area (Å²) in [5.74, 6) is 0.714. The quantitative estimate of drug-likeness (QED) is 0.879. The molecule has 1 aromatic rings. The molecule has 1 amide bonds. The van der Waals surface area contributed by atoms with Gasteiger partial charge in [-0.1, -0.05) is 6.92 Å². The lowest BCUT2D eigenvalue weighted by molar-refractivity contribution is -0.135. The first kappa shape index (κ1) is 14.7. The molecule has 0 saturated carbocycles. The molecule has 1 aliphatic rings. The fourth-order valence-electron chi connectivity index (χ4n) is 2.14. The average molecular weight is 298 g/mol. The zero-order valence-electron chi connectivity index (χ0n) is 11.5. The molecule has 1 unspecified atom stereocenters. The Labute approximate surface area is 118 Å². The Morgan fingerprint density at radius 2 is 2.25 bits per heavy atom. The van der Waals surface area contributed by atoms with E-state index < -0.39 is 10.0 Å². The van der Waals surface area contributed by atoms with Gasteiger partial charge in [0.05, 0.1) is 12.8 Å². The van der Waals surface area contributed by atoms with Crippen LogP contribution in [0.2, 0.25) is 0 Å². The number of hydrogen-bond acceptors (Lipinski definition) is 5. The molecule has 0 bridgehead atoms. The topological polar surface area (TPSA) is 92.3 Å². The third-order valence-corrected chi connectivity index (χ3v) is 3.76. The van der Waals surface area contributed by atoms with Gasteiger partial charge in [0.2, 0.25) is 15.9 Å². The molecule has 8 heteroatoms. The van der Waals surface area contributed by atoms with Gasteiger partial charge in [-0.05, 0) is 12.3 Å². The summed E-state index contributed by atoms with van der Waals surface area (Å²) in [6.07, 6.45) is 5.35. The Balaban J connectivity index is 2.15. The highest BCUT2D eigenvalue weighted by Crippen LogP contribution is 2.21. The van der Waals surface area contributed by atoms with E-state index in [1.807, 2.05) is 0 Å². The number of likely N-dealkylation sites (tertiary alicyclic amines) is 1. The molecule has 2 heterocycles. The molecule has 7 nitrogen and oxygen atoms in total. The molecule has 1 aromatic heterocycles. The minimum atomic E-state index is -3.41. The highest BCUT2D eigenvalue weighted by molar-refractivity contribution is 7.92.